The van der Waals surface area contributed by atoms with Crippen molar-refractivity contribution in [3.8, 4) is 0 Å². The van der Waals surface area contributed by atoms with Crippen molar-refractivity contribution >= 4 is 5.97 Å². The maximum Gasteiger partial charge on any atom is 0.304 e. The van der Waals surface area contributed by atoms with Gasteiger partial charge in [-0.25, -0.2) is 0 Å². The quantitative estimate of drug-likeness (QED) is 0.716. The highest BCUT2D eigenvalue weighted by Crippen LogP contribution is 2.51. The van der Waals surface area contributed by atoms with E-state index in [2.05, 4.69) is 4.90 Å². The van der Waals surface area contributed by atoms with Crippen molar-refractivity contribution in [3.05, 3.63) is 0 Å². The van der Waals surface area contributed by atoms with Crippen molar-refractivity contribution in [2.75, 3.05) is 26.2 Å². The second-order valence-corrected chi connectivity index (χ2v) is 4.97. The summed E-state index contributed by atoms with van der Waals surface area (Å²) < 4.78 is 0. The van der Waals surface area contributed by atoms with Crippen LogP contribution in [0.2, 0.25) is 0 Å². The number of carboxylic acid groups (broad SMARTS) is 1. The molecule has 1 saturated carbocycles. The van der Waals surface area contributed by atoms with E-state index in [1.54, 1.807) is 0 Å². The normalized spacial score (nSPS) is 29.3. The van der Waals surface area contributed by atoms with E-state index in [1.165, 1.54) is 19.3 Å². The maximum absolute atomic E-state index is 10.5. The van der Waals surface area contributed by atoms with Gasteiger partial charge in [-0.1, -0.05) is 6.42 Å². The lowest BCUT2D eigenvalue weighted by Gasteiger charge is -2.42. The van der Waals surface area contributed by atoms with E-state index in [9.17, 15) is 9.90 Å². The molecule has 1 spiro atoms. The third-order valence-corrected chi connectivity index (χ3v) is 4.09. The molecule has 0 bridgehead atoms. The van der Waals surface area contributed by atoms with Gasteiger partial charge in [-0.05, 0) is 18.3 Å². The zero-order valence-corrected chi connectivity index (χ0v) is 8.98. The maximum atomic E-state index is 10.5. The second-order valence-electron chi connectivity index (χ2n) is 4.97. The summed E-state index contributed by atoms with van der Waals surface area (Å²) in [5.74, 6) is -0.356. The van der Waals surface area contributed by atoms with E-state index >= 15 is 0 Å². The molecule has 1 aliphatic carbocycles. The summed E-state index contributed by atoms with van der Waals surface area (Å²) in [5.41, 5.74) is 0.327. The lowest BCUT2D eigenvalue weighted by Crippen LogP contribution is -2.39. The van der Waals surface area contributed by atoms with Gasteiger partial charge in [0.2, 0.25) is 0 Å². The third kappa shape index (κ3) is 2.01. The highest BCUT2D eigenvalue weighted by Gasteiger charge is 2.49. The number of aliphatic carboxylic acids is 1. The minimum absolute atomic E-state index is 0.216. The zero-order valence-electron chi connectivity index (χ0n) is 8.98. The van der Waals surface area contributed by atoms with Crippen molar-refractivity contribution in [1.29, 1.82) is 0 Å². The first-order chi connectivity index (χ1) is 7.16. The average molecular weight is 213 g/mol. The Bertz CT molecular complexity index is 250. The van der Waals surface area contributed by atoms with E-state index in [0.29, 0.717) is 17.9 Å². The number of aliphatic hydroxyl groups excluding tert-OH is 1. The molecule has 0 aromatic rings. The largest absolute Gasteiger partial charge is 0.481 e. The summed E-state index contributed by atoms with van der Waals surface area (Å²) in [6, 6.07) is 0. The van der Waals surface area contributed by atoms with Gasteiger partial charge in [0.1, 0.15) is 0 Å². The fourth-order valence-corrected chi connectivity index (χ4v) is 3.02. The lowest BCUT2D eigenvalue weighted by atomic mass is 9.63. The van der Waals surface area contributed by atoms with Crippen LogP contribution >= 0.6 is 0 Å². The Kier molecular flexibility index (Phi) is 2.98. The van der Waals surface area contributed by atoms with Gasteiger partial charge >= 0.3 is 5.97 Å². The predicted octanol–water partition coefficient (Wildman–Crippen LogP) is 0.555. The summed E-state index contributed by atoms with van der Waals surface area (Å²) in [6.45, 7) is 2.76. The molecule has 2 aliphatic rings. The molecular formula is C11H19NO3. The molecular weight excluding hydrogens is 194 g/mol. The van der Waals surface area contributed by atoms with Crippen LogP contribution in [0.1, 0.15) is 25.7 Å². The van der Waals surface area contributed by atoms with Crippen molar-refractivity contribution in [3.63, 3.8) is 0 Å². The summed E-state index contributed by atoms with van der Waals surface area (Å²) in [7, 11) is 0. The number of nitrogens with zero attached hydrogens (tertiary/aromatic N) is 1. The minimum Gasteiger partial charge on any atom is -0.481 e. The van der Waals surface area contributed by atoms with Gasteiger partial charge in [0.05, 0.1) is 6.42 Å². The van der Waals surface area contributed by atoms with Crippen LogP contribution in [-0.4, -0.2) is 47.3 Å². The molecule has 0 aromatic heterocycles. The van der Waals surface area contributed by atoms with Crippen molar-refractivity contribution < 1.29 is 15.0 Å². The van der Waals surface area contributed by atoms with Gasteiger partial charge in [0.15, 0.2) is 0 Å². The number of hydrogen-bond acceptors (Lipinski definition) is 3. The van der Waals surface area contributed by atoms with Crippen LogP contribution in [0.5, 0.6) is 0 Å². The van der Waals surface area contributed by atoms with E-state index in [0.717, 1.165) is 13.1 Å². The molecule has 0 amide bonds. The molecule has 2 N–H and O–H groups in total. The van der Waals surface area contributed by atoms with Crippen molar-refractivity contribution in [2.45, 2.75) is 25.7 Å². The highest BCUT2D eigenvalue weighted by atomic mass is 16.4. The number of aliphatic hydroxyl groups is 1. The molecule has 0 unspecified atom stereocenters. The molecule has 86 valence electrons. The second kappa shape index (κ2) is 4.10. The predicted molar refractivity (Wildman–Crippen MR) is 55.6 cm³/mol. The summed E-state index contributed by atoms with van der Waals surface area (Å²) in [4.78, 5) is 12.7. The minimum atomic E-state index is -0.731. The Hall–Kier alpha value is -0.610. The number of carboxylic acids is 1. The first kappa shape index (κ1) is 10.9. The molecule has 4 heteroatoms. The highest BCUT2D eigenvalue weighted by molar-refractivity contribution is 5.66. The van der Waals surface area contributed by atoms with Crippen LogP contribution in [0.15, 0.2) is 0 Å². The third-order valence-electron chi connectivity index (χ3n) is 4.09. The van der Waals surface area contributed by atoms with Gasteiger partial charge in [-0.15, -0.1) is 0 Å². The molecule has 1 atom stereocenters. The molecule has 0 aromatic carbocycles. The van der Waals surface area contributed by atoms with Crippen LogP contribution in [0, 0.1) is 11.3 Å². The first-order valence-corrected chi connectivity index (χ1v) is 5.71. The van der Waals surface area contributed by atoms with Crippen LogP contribution in [0.3, 0.4) is 0 Å². The Morgan fingerprint density at radius 1 is 1.47 bits per heavy atom. The fourth-order valence-electron chi connectivity index (χ4n) is 3.02. The smallest absolute Gasteiger partial charge is 0.304 e. The van der Waals surface area contributed by atoms with E-state index in [1.807, 2.05) is 0 Å². The molecule has 4 nitrogen and oxygen atoms in total. The average Bonchev–Trinajstić information content (AvgIpc) is 2.52. The Morgan fingerprint density at radius 2 is 2.20 bits per heavy atom. The molecule has 1 saturated heterocycles. The van der Waals surface area contributed by atoms with Gasteiger partial charge < -0.3 is 15.1 Å². The van der Waals surface area contributed by atoms with E-state index < -0.39 is 5.97 Å². The lowest BCUT2D eigenvalue weighted by molar-refractivity contribution is -0.137. The first-order valence-electron chi connectivity index (χ1n) is 5.71. The molecule has 15 heavy (non-hydrogen) atoms. The molecule has 1 heterocycles. The van der Waals surface area contributed by atoms with E-state index in [4.69, 9.17) is 5.11 Å². The van der Waals surface area contributed by atoms with Crippen LogP contribution < -0.4 is 0 Å². The Morgan fingerprint density at radius 3 is 2.60 bits per heavy atom. The molecule has 0 radical (unpaired) electrons. The van der Waals surface area contributed by atoms with Crippen molar-refractivity contribution in [2.24, 2.45) is 11.3 Å². The van der Waals surface area contributed by atoms with Crippen LogP contribution in [0.4, 0.5) is 0 Å². The summed E-state index contributed by atoms with van der Waals surface area (Å²) >= 11 is 0. The Balaban J connectivity index is 1.87. The topological polar surface area (TPSA) is 60.8 Å². The van der Waals surface area contributed by atoms with Crippen LogP contribution in [-0.2, 0) is 4.79 Å². The number of carbonyl (C=O) groups is 1. The standard InChI is InChI=1S/C11H19NO3/c13-7-9-6-12(5-2-10(14)15)8-11(9)3-1-4-11/h9,13H,1-8H2,(H,14,15)/t9-/m1/s1. The summed E-state index contributed by atoms with van der Waals surface area (Å²) in [6.07, 6.45) is 3.90. The zero-order chi connectivity index (χ0) is 10.9. The number of rotatable bonds is 4. The molecule has 1 aliphatic heterocycles. The molecule has 2 fully saturated rings. The van der Waals surface area contributed by atoms with Gasteiger partial charge in [-0.3, -0.25) is 4.79 Å². The van der Waals surface area contributed by atoms with Gasteiger partial charge in [-0.2, -0.15) is 0 Å². The fraction of sp³-hybridized carbons (Fsp3) is 0.909. The van der Waals surface area contributed by atoms with Gasteiger partial charge in [0.25, 0.3) is 0 Å². The van der Waals surface area contributed by atoms with Crippen molar-refractivity contribution in [1.82, 2.24) is 4.90 Å². The van der Waals surface area contributed by atoms with Gasteiger partial charge in [0, 0.05) is 32.2 Å². The number of likely N-dealkylation sites (tertiary alicyclic amines) is 1. The monoisotopic (exact) mass is 213 g/mol. The number of hydrogen-bond donors (Lipinski definition) is 2. The van der Waals surface area contributed by atoms with Crippen LogP contribution in [0.25, 0.3) is 0 Å². The Labute approximate surface area is 89.9 Å². The molecule has 2 rings (SSSR count). The summed E-state index contributed by atoms with van der Waals surface area (Å²) in [5, 5.41) is 17.9. The van der Waals surface area contributed by atoms with E-state index in [-0.39, 0.29) is 13.0 Å². The SMILES string of the molecule is O=C(O)CCN1C[C@H](CO)C2(CCC2)C1.